The molecule has 0 spiro atoms. The van der Waals surface area contributed by atoms with E-state index in [0.29, 0.717) is 10.7 Å². The molecule has 0 atom stereocenters. The van der Waals surface area contributed by atoms with Crippen LogP contribution in [0.15, 0.2) is 30.0 Å². The monoisotopic (exact) mass is 369 g/mol. The molecule has 0 aliphatic heterocycles. The Morgan fingerprint density at radius 3 is 2.38 bits per heavy atom. The lowest BCUT2D eigenvalue weighted by Crippen LogP contribution is -2.57. The number of benzene rings is 1. The topological polar surface area (TPSA) is 64.9 Å². The summed E-state index contributed by atoms with van der Waals surface area (Å²) < 4.78 is 0. The van der Waals surface area contributed by atoms with E-state index in [0.717, 1.165) is 23.3 Å². The molecule has 1 amide bonds. The first-order chi connectivity index (χ1) is 12.5. The lowest BCUT2D eigenvalue weighted by molar-refractivity contribution is -0.112. The van der Waals surface area contributed by atoms with Crippen LogP contribution in [0.2, 0.25) is 5.02 Å². The standard InChI is InChI=1S/C21H24ClN3O/c1-13-2-3-18(7-19(13)22)25-20(26)17(11-23)12-24-21-8-14-4-15(9-21)6-16(5-14)10-21/h2-3,7,12,14-16,24H,4-6,8-10H2,1H3,(H,25,26)/b17-12-. The van der Waals surface area contributed by atoms with E-state index >= 15 is 0 Å². The molecule has 4 nitrogen and oxygen atoms in total. The van der Waals surface area contributed by atoms with Gasteiger partial charge in [0.25, 0.3) is 5.91 Å². The van der Waals surface area contributed by atoms with E-state index in [9.17, 15) is 10.1 Å². The van der Waals surface area contributed by atoms with Crippen molar-refractivity contribution in [3.8, 4) is 6.07 Å². The number of aryl methyl sites for hydroxylation is 1. The lowest BCUT2D eigenvalue weighted by atomic mass is 9.53. The number of anilines is 1. The Kier molecular flexibility index (Phi) is 4.44. The van der Waals surface area contributed by atoms with Gasteiger partial charge in [-0.05, 0) is 80.9 Å². The number of hydrogen-bond donors (Lipinski definition) is 2. The quantitative estimate of drug-likeness (QED) is 0.604. The molecule has 0 radical (unpaired) electrons. The molecule has 4 aliphatic carbocycles. The predicted octanol–water partition coefficient (Wildman–Crippen LogP) is 4.55. The fraction of sp³-hybridized carbons (Fsp3) is 0.524. The van der Waals surface area contributed by atoms with Gasteiger partial charge < -0.3 is 10.6 Å². The van der Waals surface area contributed by atoms with Gasteiger partial charge in [-0.2, -0.15) is 5.26 Å². The van der Waals surface area contributed by atoms with Gasteiger partial charge in [0.1, 0.15) is 11.6 Å². The SMILES string of the molecule is Cc1ccc(NC(=O)/C(C#N)=C\NC23CC4CC(CC(C4)C2)C3)cc1Cl. The van der Waals surface area contributed by atoms with Crippen molar-refractivity contribution in [1.29, 1.82) is 5.26 Å². The minimum Gasteiger partial charge on any atom is -0.384 e. The zero-order valence-electron chi connectivity index (χ0n) is 15.0. The van der Waals surface area contributed by atoms with Gasteiger partial charge in [-0.3, -0.25) is 4.79 Å². The summed E-state index contributed by atoms with van der Waals surface area (Å²) >= 11 is 6.11. The Morgan fingerprint density at radius 1 is 1.23 bits per heavy atom. The molecule has 5 rings (SSSR count). The summed E-state index contributed by atoms with van der Waals surface area (Å²) in [6.07, 6.45) is 9.24. The van der Waals surface area contributed by atoms with Crippen LogP contribution in [-0.2, 0) is 4.79 Å². The molecule has 26 heavy (non-hydrogen) atoms. The van der Waals surface area contributed by atoms with Gasteiger partial charge in [-0.15, -0.1) is 0 Å². The van der Waals surface area contributed by atoms with E-state index in [-0.39, 0.29) is 11.1 Å². The fourth-order valence-electron chi connectivity index (χ4n) is 5.53. The summed E-state index contributed by atoms with van der Waals surface area (Å²) in [6.45, 7) is 1.91. The summed E-state index contributed by atoms with van der Waals surface area (Å²) in [7, 11) is 0. The van der Waals surface area contributed by atoms with Crippen molar-refractivity contribution >= 4 is 23.2 Å². The normalized spacial score (nSPS) is 32.2. The Morgan fingerprint density at radius 2 is 1.85 bits per heavy atom. The van der Waals surface area contributed by atoms with Crippen LogP contribution < -0.4 is 10.6 Å². The van der Waals surface area contributed by atoms with Crippen LogP contribution in [0, 0.1) is 36.0 Å². The van der Waals surface area contributed by atoms with Gasteiger partial charge in [0.2, 0.25) is 0 Å². The highest BCUT2D eigenvalue weighted by Gasteiger charge is 2.50. The van der Waals surface area contributed by atoms with Crippen LogP contribution in [0.4, 0.5) is 5.69 Å². The second-order valence-corrected chi connectivity index (χ2v) is 8.84. The van der Waals surface area contributed by atoms with E-state index in [4.69, 9.17) is 11.6 Å². The number of carbonyl (C=O) groups excluding carboxylic acids is 1. The zero-order valence-corrected chi connectivity index (χ0v) is 15.8. The van der Waals surface area contributed by atoms with Gasteiger partial charge in [-0.25, -0.2) is 0 Å². The van der Waals surface area contributed by atoms with Crippen molar-refractivity contribution < 1.29 is 4.79 Å². The molecule has 4 fully saturated rings. The molecule has 1 aromatic rings. The van der Waals surface area contributed by atoms with E-state index in [1.165, 1.54) is 38.5 Å². The van der Waals surface area contributed by atoms with E-state index in [1.54, 1.807) is 18.3 Å². The minimum absolute atomic E-state index is 0.0876. The highest BCUT2D eigenvalue weighted by Crippen LogP contribution is 2.55. The summed E-state index contributed by atoms with van der Waals surface area (Å²) in [5.74, 6) is 2.05. The smallest absolute Gasteiger partial charge is 0.267 e. The highest BCUT2D eigenvalue weighted by atomic mass is 35.5. The van der Waals surface area contributed by atoms with Crippen molar-refractivity contribution in [2.75, 3.05) is 5.32 Å². The maximum atomic E-state index is 12.5. The average molecular weight is 370 g/mol. The van der Waals surface area contributed by atoms with Crippen LogP contribution in [-0.4, -0.2) is 11.4 Å². The molecule has 0 aromatic heterocycles. The van der Waals surface area contributed by atoms with Crippen molar-refractivity contribution in [1.82, 2.24) is 5.32 Å². The first-order valence-electron chi connectivity index (χ1n) is 9.42. The summed E-state index contributed by atoms with van der Waals surface area (Å²) in [4.78, 5) is 12.5. The second-order valence-electron chi connectivity index (χ2n) is 8.43. The summed E-state index contributed by atoms with van der Waals surface area (Å²) in [6, 6.07) is 7.38. The Balaban J connectivity index is 1.46. The molecular formula is C21H24ClN3O. The molecule has 2 N–H and O–H groups in total. The van der Waals surface area contributed by atoms with Gasteiger partial charge in [0, 0.05) is 22.4 Å². The molecule has 0 saturated heterocycles. The number of halogens is 1. The number of nitriles is 1. The van der Waals surface area contributed by atoms with Gasteiger partial charge in [0.15, 0.2) is 0 Å². The minimum atomic E-state index is -0.398. The van der Waals surface area contributed by atoms with Crippen LogP contribution in [0.25, 0.3) is 0 Å². The van der Waals surface area contributed by atoms with Crippen LogP contribution in [0.3, 0.4) is 0 Å². The van der Waals surface area contributed by atoms with Crippen LogP contribution in [0.1, 0.15) is 44.1 Å². The largest absolute Gasteiger partial charge is 0.384 e. The average Bonchev–Trinajstić information content (AvgIpc) is 2.57. The maximum absolute atomic E-state index is 12.5. The second kappa shape index (κ2) is 6.63. The van der Waals surface area contributed by atoms with Crippen molar-refractivity contribution in [2.45, 2.75) is 51.0 Å². The van der Waals surface area contributed by atoms with Crippen LogP contribution in [0.5, 0.6) is 0 Å². The predicted molar refractivity (Wildman–Crippen MR) is 103 cm³/mol. The molecular weight excluding hydrogens is 346 g/mol. The Hall–Kier alpha value is -1.99. The van der Waals surface area contributed by atoms with Gasteiger partial charge in [0.05, 0.1) is 0 Å². The lowest BCUT2D eigenvalue weighted by Gasteiger charge is -2.56. The van der Waals surface area contributed by atoms with E-state index < -0.39 is 5.91 Å². The van der Waals surface area contributed by atoms with Gasteiger partial charge in [-0.1, -0.05) is 17.7 Å². The molecule has 5 heteroatoms. The summed E-state index contributed by atoms with van der Waals surface area (Å²) in [5.41, 5.74) is 1.74. The zero-order chi connectivity index (χ0) is 18.3. The third kappa shape index (κ3) is 3.33. The molecule has 4 aliphatic rings. The summed E-state index contributed by atoms with van der Waals surface area (Å²) in [5, 5.41) is 16.3. The van der Waals surface area contributed by atoms with Crippen LogP contribution >= 0.6 is 11.6 Å². The van der Waals surface area contributed by atoms with Gasteiger partial charge >= 0.3 is 0 Å². The third-order valence-corrected chi connectivity index (χ3v) is 6.76. The molecule has 136 valence electrons. The van der Waals surface area contributed by atoms with Crippen molar-refractivity contribution in [3.63, 3.8) is 0 Å². The fourth-order valence-corrected chi connectivity index (χ4v) is 5.71. The number of rotatable bonds is 4. The van der Waals surface area contributed by atoms with Crippen molar-refractivity contribution in [3.05, 3.63) is 40.6 Å². The number of nitrogens with one attached hydrogen (secondary N) is 2. The number of amides is 1. The highest BCUT2D eigenvalue weighted by molar-refractivity contribution is 6.31. The maximum Gasteiger partial charge on any atom is 0.267 e. The van der Waals surface area contributed by atoms with Crippen molar-refractivity contribution in [2.24, 2.45) is 17.8 Å². The molecule has 1 aromatic carbocycles. The molecule has 4 saturated carbocycles. The Bertz CT molecular complexity index is 773. The Labute approximate surface area is 159 Å². The van der Waals surface area contributed by atoms with E-state index in [1.807, 2.05) is 19.1 Å². The molecule has 4 bridgehead atoms. The molecule has 0 unspecified atom stereocenters. The number of carbonyl (C=O) groups is 1. The third-order valence-electron chi connectivity index (χ3n) is 6.36. The number of hydrogen-bond acceptors (Lipinski definition) is 3. The van der Waals surface area contributed by atoms with E-state index in [2.05, 4.69) is 10.6 Å². The molecule has 0 heterocycles. The number of nitrogens with zero attached hydrogens (tertiary/aromatic N) is 1. The first kappa shape index (κ1) is 17.4. The first-order valence-corrected chi connectivity index (χ1v) is 9.79.